The minimum Gasteiger partial charge on any atom is -0.385 e. The van der Waals surface area contributed by atoms with Crippen molar-refractivity contribution in [3.63, 3.8) is 0 Å². The van der Waals surface area contributed by atoms with Crippen molar-refractivity contribution in [1.82, 2.24) is 4.90 Å². The Morgan fingerprint density at radius 2 is 1.84 bits per heavy atom. The van der Waals surface area contributed by atoms with Gasteiger partial charge in [0.25, 0.3) is 0 Å². The van der Waals surface area contributed by atoms with Crippen LogP contribution in [0.3, 0.4) is 0 Å². The predicted molar refractivity (Wildman–Crippen MR) is 81.9 cm³/mol. The van der Waals surface area contributed by atoms with Gasteiger partial charge < -0.3 is 10.2 Å². The van der Waals surface area contributed by atoms with Gasteiger partial charge in [-0.15, -0.1) is 0 Å². The number of aryl methyl sites for hydroxylation is 1. The molecule has 0 atom stereocenters. The monoisotopic (exact) mass is 258 g/mol. The Balaban J connectivity index is 1.49. The minimum absolute atomic E-state index is 1.12. The molecule has 1 aromatic carbocycles. The third kappa shape index (κ3) is 3.30. The molecule has 0 amide bonds. The smallest absolute Gasteiger partial charge is 0.0375 e. The first-order chi connectivity index (χ1) is 9.43. The summed E-state index contributed by atoms with van der Waals surface area (Å²) < 4.78 is 0. The third-order valence-corrected chi connectivity index (χ3v) is 4.56. The number of nitrogens with one attached hydrogen (secondary N) is 1. The van der Waals surface area contributed by atoms with Crippen molar-refractivity contribution in [2.45, 2.75) is 44.9 Å². The number of rotatable bonds is 5. The van der Waals surface area contributed by atoms with Crippen LogP contribution < -0.4 is 5.32 Å². The van der Waals surface area contributed by atoms with Gasteiger partial charge in [-0.3, -0.25) is 0 Å². The largest absolute Gasteiger partial charge is 0.385 e. The average molecular weight is 258 g/mol. The van der Waals surface area contributed by atoms with Crippen LogP contribution in [0.15, 0.2) is 18.2 Å². The summed E-state index contributed by atoms with van der Waals surface area (Å²) in [5.41, 5.74) is 4.57. The summed E-state index contributed by atoms with van der Waals surface area (Å²) in [6.45, 7) is 5.02. The normalized spacial score (nSPS) is 19.4. The molecule has 0 radical (unpaired) electrons. The molecular formula is C17H26N2. The summed E-state index contributed by atoms with van der Waals surface area (Å²) in [6.07, 6.45) is 9.34. The first-order valence-electron chi connectivity index (χ1n) is 8.00. The molecule has 2 nitrogen and oxygen atoms in total. The maximum Gasteiger partial charge on any atom is 0.0375 e. The number of hydrogen-bond donors (Lipinski definition) is 1. The number of fused-ring (bicyclic) bond motifs is 1. The summed E-state index contributed by atoms with van der Waals surface area (Å²) in [4.78, 5) is 2.60. The summed E-state index contributed by atoms with van der Waals surface area (Å²) in [7, 11) is 0. The second-order valence-electron chi connectivity index (χ2n) is 5.98. The van der Waals surface area contributed by atoms with Crippen LogP contribution in [0.1, 0.15) is 43.2 Å². The van der Waals surface area contributed by atoms with Gasteiger partial charge in [-0.1, -0.05) is 12.1 Å². The van der Waals surface area contributed by atoms with E-state index in [1.54, 1.807) is 11.1 Å². The van der Waals surface area contributed by atoms with Crippen LogP contribution in [0.25, 0.3) is 0 Å². The SMILES string of the molecule is c1cc2c(c(NCCCN3CCCC3)c1)CCCC2. The van der Waals surface area contributed by atoms with Crippen LogP contribution in [-0.2, 0) is 12.8 Å². The van der Waals surface area contributed by atoms with Crippen molar-refractivity contribution in [2.24, 2.45) is 0 Å². The second-order valence-corrected chi connectivity index (χ2v) is 5.98. The third-order valence-electron chi connectivity index (χ3n) is 4.56. The van der Waals surface area contributed by atoms with Gasteiger partial charge in [0.05, 0.1) is 0 Å². The van der Waals surface area contributed by atoms with E-state index in [1.807, 2.05) is 0 Å². The van der Waals surface area contributed by atoms with Crippen molar-refractivity contribution >= 4 is 5.69 Å². The summed E-state index contributed by atoms with van der Waals surface area (Å²) in [5.74, 6) is 0. The maximum atomic E-state index is 3.67. The molecule has 104 valence electrons. The number of likely N-dealkylation sites (tertiary alicyclic amines) is 1. The Bertz CT molecular complexity index is 408. The van der Waals surface area contributed by atoms with Crippen molar-refractivity contribution in [3.8, 4) is 0 Å². The molecule has 2 aliphatic rings. The lowest BCUT2D eigenvalue weighted by Crippen LogP contribution is -2.22. The molecular weight excluding hydrogens is 232 g/mol. The van der Waals surface area contributed by atoms with E-state index in [0.29, 0.717) is 0 Å². The lowest BCUT2D eigenvalue weighted by atomic mass is 9.90. The Labute approximate surface area is 117 Å². The molecule has 1 N–H and O–H groups in total. The summed E-state index contributed by atoms with van der Waals surface area (Å²) >= 11 is 0. The lowest BCUT2D eigenvalue weighted by molar-refractivity contribution is 0.337. The number of hydrogen-bond acceptors (Lipinski definition) is 2. The summed E-state index contributed by atoms with van der Waals surface area (Å²) in [5, 5.41) is 3.67. The van der Waals surface area contributed by atoms with Crippen LogP contribution >= 0.6 is 0 Å². The molecule has 1 aliphatic carbocycles. The second kappa shape index (κ2) is 6.42. The van der Waals surface area contributed by atoms with E-state index in [1.165, 1.54) is 70.3 Å². The van der Waals surface area contributed by atoms with E-state index in [4.69, 9.17) is 0 Å². The highest BCUT2D eigenvalue weighted by atomic mass is 15.1. The van der Waals surface area contributed by atoms with Gasteiger partial charge in [-0.25, -0.2) is 0 Å². The van der Waals surface area contributed by atoms with Crippen LogP contribution in [0, 0.1) is 0 Å². The molecule has 0 spiro atoms. The van der Waals surface area contributed by atoms with Gasteiger partial charge in [0.2, 0.25) is 0 Å². The highest BCUT2D eigenvalue weighted by Gasteiger charge is 2.13. The highest BCUT2D eigenvalue weighted by Crippen LogP contribution is 2.27. The van der Waals surface area contributed by atoms with E-state index < -0.39 is 0 Å². The molecule has 1 saturated heterocycles. The van der Waals surface area contributed by atoms with E-state index in [0.717, 1.165) is 6.54 Å². The van der Waals surface area contributed by atoms with Gasteiger partial charge in [-0.2, -0.15) is 0 Å². The molecule has 0 saturated carbocycles. The van der Waals surface area contributed by atoms with Crippen molar-refractivity contribution in [3.05, 3.63) is 29.3 Å². The van der Waals surface area contributed by atoms with Gasteiger partial charge in [-0.05, 0) is 81.8 Å². The van der Waals surface area contributed by atoms with Crippen molar-refractivity contribution in [1.29, 1.82) is 0 Å². The first-order valence-corrected chi connectivity index (χ1v) is 8.00. The number of anilines is 1. The molecule has 1 aromatic rings. The molecule has 0 bridgehead atoms. The van der Waals surface area contributed by atoms with Crippen molar-refractivity contribution < 1.29 is 0 Å². The molecule has 0 unspecified atom stereocenters. The molecule has 1 aliphatic heterocycles. The maximum absolute atomic E-state index is 3.67. The lowest BCUT2D eigenvalue weighted by Gasteiger charge is -2.20. The quantitative estimate of drug-likeness (QED) is 0.814. The fourth-order valence-electron chi connectivity index (χ4n) is 3.48. The molecule has 2 heteroatoms. The van der Waals surface area contributed by atoms with Crippen LogP contribution in [0.2, 0.25) is 0 Å². The Kier molecular flexibility index (Phi) is 4.39. The van der Waals surface area contributed by atoms with Gasteiger partial charge in [0, 0.05) is 12.2 Å². The average Bonchev–Trinajstić information content (AvgIpc) is 2.97. The number of nitrogens with zero attached hydrogens (tertiary/aromatic N) is 1. The fourth-order valence-corrected chi connectivity index (χ4v) is 3.48. The van der Waals surface area contributed by atoms with Gasteiger partial charge in [0.1, 0.15) is 0 Å². The minimum atomic E-state index is 1.12. The van der Waals surface area contributed by atoms with E-state index in [-0.39, 0.29) is 0 Å². The van der Waals surface area contributed by atoms with Gasteiger partial charge >= 0.3 is 0 Å². The van der Waals surface area contributed by atoms with Crippen LogP contribution in [-0.4, -0.2) is 31.1 Å². The number of benzene rings is 1. The molecule has 19 heavy (non-hydrogen) atoms. The summed E-state index contributed by atoms with van der Waals surface area (Å²) in [6, 6.07) is 6.79. The molecule has 3 rings (SSSR count). The van der Waals surface area contributed by atoms with E-state index in [2.05, 4.69) is 28.4 Å². The predicted octanol–water partition coefficient (Wildman–Crippen LogP) is 3.46. The highest BCUT2D eigenvalue weighted by molar-refractivity contribution is 5.55. The van der Waals surface area contributed by atoms with E-state index in [9.17, 15) is 0 Å². The topological polar surface area (TPSA) is 15.3 Å². The van der Waals surface area contributed by atoms with Crippen LogP contribution in [0.4, 0.5) is 5.69 Å². The van der Waals surface area contributed by atoms with E-state index >= 15 is 0 Å². The zero-order valence-corrected chi connectivity index (χ0v) is 12.0. The first kappa shape index (κ1) is 13.0. The van der Waals surface area contributed by atoms with Crippen molar-refractivity contribution in [2.75, 3.05) is 31.5 Å². The van der Waals surface area contributed by atoms with Crippen LogP contribution in [0.5, 0.6) is 0 Å². The standard InChI is InChI=1S/C17H26N2/c1-2-9-16-15(7-1)8-5-10-17(16)18-11-6-14-19-12-3-4-13-19/h5,8,10,18H,1-4,6-7,9,11-14H2. The molecule has 0 aromatic heterocycles. The molecule has 1 heterocycles. The Morgan fingerprint density at radius 1 is 1.00 bits per heavy atom. The Morgan fingerprint density at radius 3 is 2.74 bits per heavy atom. The fraction of sp³-hybridized carbons (Fsp3) is 0.647. The zero-order chi connectivity index (χ0) is 12.9. The van der Waals surface area contributed by atoms with Gasteiger partial charge in [0.15, 0.2) is 0 Å². The zero-order valence-electron chi connectivity index (χ0n) is 12.0. The Hall–Kier alpha value is -1.02. The molecule has 1 fully saturated rings.